The van der Waals surface area contributed by atoms with Crippen LogP contribution in [0.4, 0.5) is 0 Å². The van der Waals surface area contributed by atoms with Crippen LogP contribution in [0.1, 0.15) is 43.3 Å². The summed E-state index contributed by atoms with van der Waals surface area (Å²) < 4.78 is 2.08. The molecule has 6 nitrogen and oxygen atoms in total. The van der Waals surface area contributed by atoms with E-state index < -0.39 is 0 Å². The molecule has 2 aromatic heterocycles. The molecule has 0 aliphatic heterocycles. The van der Waals surface area contributed by atoms with Crippen LogP contribution in [0.15, 0.2) is 41.5 Å². The predicted molar refractivity (Wildman–Crippen MR) is 130 cm³/mol. The predicted octanol–water partition coefficient (Wildman–Crippen LogP) is 3.83. The monoisotopic (exact) mass is 506 g/mol. The van der Waals surface area contributed by atoms with Gasteiger partial charge >= 0.3 is 0 Å². The fraction of sp³-hybridized carbons (Fsp3) is 0.455. The average molecular weight is 506 g/mol. The Hall–Kier alpha value is -2.03. The molecule has 4 rings (SSSR count). The summed E-state index contributed by atoms with van der Waals surface area (Å²) in [6.45, 7) is 5.19. The minimum absolute atomic E-state index is 0. The van der Waals surface area contributed by atoms with E-state index in [1.165, 1.54) is 27.9 Å². The first-order chi connectivity index (χ1) is 13.6. The van der Waals surface area contributed by atoms with Crippen LogP contribution in [0.2, 0.25) is 0 Å². The molecular weight excluding hydrogens is 475 g/mol. The zero-order chi connectivity index (χ0) is 19.5. The van der Waals surface area contributed by atoms with Gasteiger partial charge < -0.3 is 15.6 Å². The number of benzene rings is 1. The van der Waals surface area contributed by atoms with Crippen molar-refractivity contribution in [3.63, 3.8) is 0 Å². The number of hydrogen-bond donors (Lipinski definition) is 3. The Bertz CT molecular complexity index is 938. The molecule has 0 spiro atoms. The number of aromatic amines is 1. The Morgan fingerprint density at radius 1 is 1.34 bits per heavy atom. The fourth-order valence-electron chi connectivity index (χ4n) is 3.87. The van der Waals surface area contributed by atoms with E-state index in [0.29, 0.717) is 12.1 Å². The summed E-state index contributed by atoms with van der Waals surface area (Å²) in [7, 11) is 1.83. The van der Waals surface area contributed by atoms with Gasteiger partial charge in [0.15, 0.2) is 5.96 Å². The lowest BCUT2D eigenvalue weighted by molar-refractivity contribution is 0.499. The van der Waals surface area contributed by atoms with Crippen LogP contribution >= 0.6 is 24.0 Å². The first-order valence-electron chi connectivity index (χ1n) is 10.2. The molecule has 0 bridgehead atoms. The van der Waals surface area contributed by atoms with Crippen molar-refractivity contribution < 1.29 is 0 Å². The maximum atomic E-state index is 4.77. The van der Waals surface area contributed by atoms with Crippen molar-refractivity contribution in [1.29, 1.82) is 0 Å². The number of H-pyrrole nitrogens is 1. The number of nitrogens with zero attached hydrogens (tertiary/aromatic N) is 3. The first kappa shape index (κ1) is 21.7. The third kappa shape index (κ3) is 5.12. The van der Waals surface area contributed by atoms with Crippen LogP contribution in [0, 0.1) is 0 Å². The van der Waals surface area contributed by atoms with E-state index in [1.54, 1.807) is 0 Å². The zero-order valence-electron chi connectivity index (χ0n) is 17.4. The quantitative estimate of drug-likeness (QED) is 0.280. The number of aryl methyl sites for hydroxylation is 1. The minimum Gasteiger partial charge on any atom is -0.358 e. The molecule has 1 atom stereocenters. The Morgan fingerprint density at radius 2 is 2.17 bits per heavy atom. The number of fused-ring (bicyclic) bond motifs is 2. The van der Waals surface area contributed by atoms with Gasteiger partial charge in [0.2, 0.25) is 0 Å². The summed E-state index contributed by atoms with van der Waals surface area (Å²) in [6.07, 6.45) is 6.29. The lowest BCUT2D eigenvalue weighted by Gasteiger charge is -2.24. The van der Waals surface area contributed by atoms with Crippen LogP contribution in [0.3, 0.4) is 0 Å². The van der Waals surface area contributed by atoms with Crippen LogP contribution in [-0.2, 0) is 19.3 Å². The second kappa shape index (κ2) is 9.65. The van der Waals surface area contributed by atoms with Crippen LogP contribution in [-0.4, -0.2) is 40.4 Å². The molecule has 0 amide bonds. The third-order valence-electron chi connectivity index (χ3n) is 5.46. The summed E-state index contributed by atoms with van der Waals surface area (Å²) in [5, 5.41) is 13.1. The second-order valence-corrected chi connectivity index (χ2v) is 7.89. The second-order valence-electron chi connectivity index (χ2n) is 7.89. The van der Waals surface area contributed by atoms with Crippen LogP contribution in [0.5, 0.6) is 0 Å². The molecule has 0 saturated heterocycles. The van der Waals surface area contributed by atoms with Crippen molar-refractivity contribution in [2.75, 3.05) is 13.6 Å². The molecule has 3 aromatic rings. The maximum absolute atomic E-state index is 4.77. The number of rotatable bonds is 5. The smallest absolute Gasteiger partial charge is 0.191 e. The molecular formula is C22H31IN6. The van der Waals surface area contributed by atoms with Gasteiger partial charge in [0.25, 0.3) is 0 Å². The Labute approximate surface area is 189 Å². The van der Waals surface area contributed by atoms with Gasteiger partial charge in [0, 0.05) is 55.9 Å². The number of aromatic nitrogens is 3. The molecule has 1 aromatic carbocycles. The standard InChI is InChI=1S/C22H30N6.HI/c1-15(2)28-14-17-8-9-18(13-21(17)27-28)26-22(23-3)24-11-10-19-12-16-6-4-5-7-20(16)25-19;/h4-7,12,14-15,18,25H,8-11,13H2,1-3H3,(H2,23,24,26);1H. The molecule has 3 N–H and O–H groups in total. The van der Waals surface area contributed by atoms with Gasteiger partial charge in [-0.15, -0.1) is 24.0 Å². The molecule has 156 valence electrons. The number of para-hydroxylation sites is 1. The molecule has 1 aliphatic carbocycles. The van der Waals surface area contributed by atoms with Gasteiger partial charge in [-0.25, -0.2) is 0 Å². The Balaban J connectivity index is 0.00000240. The van der Waals surface area contributed by atoms with Crippen molar-refractivity contribution in [3.05, 3.63) is 53.5 Å². The molecule has 2 heterocycles. The molecule has 0 saturated carbocycles. The normalized spacial score (nSPS) is 16.6. The Morgan fingerprint density at radius 3 is 2.93 bits per heavy atom. The molecule has 29 heavy (non-hydrogen) atoms. The zero-order valence-corrected chi connectivity index (χ0v) is 19.7. The van der Waals surface area contributed by atoms with E-state index in [0.717, 1.165) is 38.2 Å². The van der Waals surface area contributed by atoms with Gasteiger partial charge in [-0.05, 0) is 49.8 Å². The van der Waals surface area contributed by atoms with Gasteiger partial charge in [0.1, 0.15) is 0 Å². The topological polar surface area (TPSA) is 70.0 Å². The van der Waals surface area contributed by atoms with Crippen LogP contribution < -0.4 is 10.6 Å². The van der Waals surface area contributed by atoms with Crippen LogP contribution in [0.25, 0.3) is 10.9 Å². The van der Waals surface area contributed by atoms with E-state index in [-0.39, 0.29) is 24.0 Å². The maximum Gasteiger partial charge on any atom is 0.191 e. The summed E-state index contributed by atoms with van der Waals surface area (Å²) in [5.41, 5.74) is 5.06. The molecule has 1 aliphatic rings. The lowest BCUT2D eigenvalue weighted by Crippen LogP contribution is -2.46. The van der Waals surface area contributed by atoms with E-state index in [9.17, 15) is 0 Å². The molecule has 1 unspecified atom stereocenters. The van der Waals surface area contributed by atoms with Gasteiger partial charge in [0.05, 0.1) is 5.69 Å². The summed E-state index contributed by atoms with van der Waals surface area (Å²) in [5.74, 6) is 0.868. The highest BCUT2D eigenvalue weighted by molar-refractivity contribution is 14.0. The SMILES string of the molecule is CN=C(NCCc1cc2ccccc2[nH]1)NC1CCc2cn(C(C)C)nc2C1.I. The lowest BCUT2D eigenvalue weighted by atomic mass is 9.94. The van der Waals surface area contributed by atoms with Gasteiger partial charge in [-0.3, -0.25) is 9.67 Å². The average Bonchev–Trinajstić information content (AvgIpc) is 3.30. The van der Waals surface area contributed by atoms with E-state index >= 15 is 0 Å². The number of halogens is 1. The van der Waals surface area contributed by atoms with Gasteiger partial charge in [-0.1, -0.05) is 18.2 Å². The van der Waals surface area contributed by atoms with Gasteiger partial charge in [-0.2, -0.15) is 5.10 Å². The summed E-state index contributed by atoms with van der Waals surface area (Å²) in [6, 6.07) is 11.4. The highest BCUT2D eigenvalue weighted by Gasteiger charge is 2.22. The highest BCUT2D eigenvalue weighted by atomic mass is 127. The van der Waals surface area contributed by atoms with E-state index in [1.807, 2.05) is 7.05 Å². The number of aliphatic imine (C=N–C) groups is 1. The van der Waals surface area contributed by atoms with Crippen molar-refractivity contribution in [2.45, 2.75) is 51.6 Å². The van der Waals surface area contributed by atoms with Crippen molar-refractivity contribution in [3.8, 4) is 0 Å². The van der Waals surface area contributed by atoms with E-state index in [4.69, 9.17) is 5.10 Å². The molecule has 7 heteroatoms. The summed E-state index contributed by atoms with van der Waals surface area (Å²) in [4.78, 5) is 7.88. The minimum atomic E-state index is 0. The third-order valence-corrected chi connectivity index (χ3v) is 5.46. The molecule has 0 fully saturated rings. The number of guanidine groups is 1. The fourth-order valence-corrected chi connectivity index (χ4v) is 3.87. The Kier molecular flexibility index (Phi) is 7.21. The largest absolute Gasteiger partial charge is 0.358 e. The number of nitrogens with one attached hydrogen (secondary N) is 3. The van der Waals surface area contributed by atoms with Crippen molar-refractivity contribution >= 4 is 40.8 Å². The van der Waals surface area contributed by atoms with Crippen molar-refractivity contribution in [2.24, 2.45) is 4.99 Å². The number of hydrogen-bond acceptors (Lipinski definition) is 2. The van der Waals surface area contributed by atoms with E-state index in [2.05, 4.69) is 75.7 Å². The summed E-state index contributed by atoms with van der Waals surface area (Å²) >= 11 is 0. The highest BCUT2D eigenvalue weighted by Crippen LogP contribution is 2.21. The van der Waals surface area contributed by atoms with Crippen molar-refractivity contribution in [1.82, 2.24) is 25.4 Å². The molecule has 0 radical (unpaired) electrons. The first-order valence-corrected chi connectivity index (χ1v) is 10.2.